The fourth-order valence-corrected chi connectivity index (χ4v) is 4.40. The van der Waals surface area contributed by atoms with Crippen LogP contribution in [0.25, 0.3) is 22.0 Å². The maximum Gasteiger partial charge on any atom is 0.149 e. The molecule has 1 saturated heterocycles. The molecule has 1 N–H and O–H groups in total. The van der Waals surface area contributed by atoms with Crippen molar-refractivity contribution in [3.8, 4) is 17.2 Å². The molecule has 1 unspecified atom stereocenters. The van der Waals surface area contributed by atoms with E-state index in [0.717, 1.165) is 59.2 Å². The van der Waals surface area contributed by atoms with Crippen LogP contribution in [0, 0.1) is 18.3 Å². The van der Waals surface area contributed by atoms with Gasteiger partial charge >= 0.3 is 0 Å². The van der Waals surface area contributed by atoms with E-state index in [1.165, 1.54) is 0 Å². The number of rotatable bonds is 4. The van der Waals surface area contributed by atoms with Gasteiger partial charge in [-0.05, 0) is 56.0 Å². The van der Waals surface area contributed by atoms with Crippen molar-refractivity contribution in [2.75, 3.05) is 25.1 Å². The summed E-state index contributed by atoms with van der Waals surface area (Å²) in [4.78, 5) is 6.97. The van der Waals surface area contributed by atoms with E-state index in [4.69, 9.17) is 4.74 Å². The predicted molar refractivity (Wildman–Crippen MR) is 120 cm³/mol. The maximum absolute atomic E-state index is 10.6. The van der Waals surface area contributed by atoms with Gasteiger partial charge in [0.25, 0.3) is 0 Å². The summed E-state index contributed by atoms with van der Waals surface area (Å²) >= 11 is 0. The molecule has 2 heterocycles. The Kier molecular flexibility index (Phi) is 5.72. The van der Waals surface area contributed by atoms with Gasteiger partial charge in [0.1, 0.15) is 11.8 Å². The summed E-state index contributed by atoms with van der Waals surface area (Å²) in [5.41, 5.74) is 5.69. The summed E-state index contributed by atoms with van der Waals surface area (Å²) < 4.78 is 5.47. The molecule has 1 aliphatic rings. The lowest BCUT2D eigenvalue weighted by Gasteiger charge is -2.33. The Morgan fingerprint density at radius 2 is 1.87 bits per heavy atom. The van der Waals surface area contributed by atoms with Gasteiger partial charge < -0.3 is 14.7 Å². The number of hydrogen-bond acceptors (Lipinski definition) is 5. The van der Waals surface area contributed by atoms with Crippen LogP contribution < -0.4 is 4.90 Å². The third-order valence-corrected chi connectivity index (χ3v) is 6.00. The highest BCUT2D eigenvalue weighted by Crippen LogP contribution is 2.37. The number of fused-ring (bicyclic) bond motifs is 1. The number of ether oxygens (including phenoxy) is 1. The second-order valence-electron chi connectivity index (χ2n) is 8.03. The van der Waals surface area contributed by atoms with E-state index in [2.05, 4.69) is 28.1 Å². The summed E-state index contributed by atoms with van der Waals surface area (Å²) in [6, 6.07) is 16.4. The minimum absolute atomic E-state index is 0.345. The molecule has 5 heteroatoms. The fourth-order valence-electron chi connectivity index (χ4n) is 4.40. The Labute approximate surface area is 177 Å². The molecule has 4 rings (SSSR count). The minimum atomic E-state index is -0.715. The molecule has 0 aliphatic carbocycles. The van der Waals surface area contributed by atoms with Crippen molar-refractivity contribution in [2.24, 2.45) is 0 Å². The number of hydrogen-bond donors (Lipinski definition) is 1. The summed E-state index contributed by atoms with van der Waals surface area (Å²) in [5.74, 6) is 0. The van der Waals surface area contributed by atoms with Crippen molar-refractivity contribution in [3.63, 3.8) is 0 Å². The third-order valence-electron chi connectivity index (χ3n) is 6.00. The molecule has 1 fully saturated rings. The summed E-state index contributed by atoms with van der Waals surface area (Å²) in [7, 11) is 1.78. The minimum Gasteiger partial charge on any atom is -0.389 e. The highest BCUT2D eigenvalue weighted by Gasteiger charge is 2.22. The lowest BCUT2D eigenvalue weighted by atomic mass is 9.91. The number of aromatic nitrogens is 1. The molecule has 1 aromatic heterocycles. The Balaban J connectivity index is 1.76. The molecule has 0 spiro atoms. The first-order chi connectivity index (χ1) is 14.5. The Hall–Kier alpha value is -2.94. The van der Waals surface area contributed by atoms with Crippen molar-refractivity contribution in [1.82, 2.24) is 4.98 Å². The van der Waals surface area contributed by atoms with E-state index in [1.807, 2.05) is 37.3 Å². The fraction of sp³-hybridized carbons (Fsp3) is 0.360. The average Bonchev–Trinajstić information content (AvgIpc) is 2.77. The zero-order chi connectivity index (χ0) is 21.3. The summed E-state index contributed by atoms with van der Waals surface area (Å²) in [6.07, 6.45) is 1.68. The molecule has 1 aliphatic heterocycles. The van der Waals surface area contributed by atoms with Crippen LogP contribution in [0.1, 0.15) is 42.7 Å². The van der Waals surface area contributed by atoms with Crippen LogP contribution in [0.5, 0.6) is 0 Å². The van der Waals surface area contributed by atoms with E-state index < -0.39 is 6.10 Å². The van der Waals surface area contributed by atoms with Crippen LogP contribution in [-0.4, -0.2) is 36.4 Å². The number of aryl methyl sites for hydroxylation is 1. The second-order valence-corrected chi connectivity index (χ2v) is 8.03. The lowest BCUT2D eigenvalue weighted by molar-refractivity contribution is 0.0819. The molecule has 0 amide bonds. The van der Waals surface area contributed by atoms with Gasteiger partial charge in [-0.3, -0.25) is 0 Å². The molecule has 30 heavy (non-hydrogen) atoms. The van der Waals surface area contributed by atoms with Gasteiger partial charge in [0, 0.05) is 42.4 Å². The zero-order valence-corrected chi connectivity index (χ0v) is 17.7. The van der Waals surface area contributed by atoms with Gasteiger partial charge in [0.2, 0.25) is 0 Å². The number of aliphatic hydroxyl groups is 1. The van der Waals surface area contributed by atoms with E-state index in [0.29, 0.717) is 17.4 Å². The smallest absolute Gasteiger partial charge is 0.149 e. The Bertz CT molecular complexity index is 1090. The SMILES string of the molecule is COC1CCN(c2ccc(-c3c(C#N)nc4cc(C)ccc4c3C(C)O)cc2)CC1. The van der Waals surface area contributed by atoms with Gasteiger partial charge in [-0.1, -0.05) is 24.3 Å². The largest absolute Gasteiger partial charge is 0.389 e. The van der Waals surface area contributed by atoms with Gasteiger partial charge in [0.05, 0.1) is 17.7 Å². The molecule has 0 radical (unpaired) electrons. The molecule has 0 bridgehead atoms. The number of methoxy groups -OCH3 is 1. The van der Waals surface area contributed by atoms with Gasteiger partial charge in [0.15, 0.2) is 0 Å². The molecular weight excluding hydrogens is 374 g/mol. The van der Waals surface area contributed by atoms with Crippen molar-refractivity contribution >= 4 is 16.6 Å². The van der Waals surface area contributed by atoms with E-state index in [9.17, 15) is 10.4 Å². The third kappa shape index (κ3) is 3.77. The predicted octanol–water partition coefficient (Wildman–Crippen LogP) is 4.75. The maximum atomic E-state index is 10.6. The Morgan fingerprint density at radius 3 is 2.47 bits per heavy atom. The number of nitriles is 1. The molecule has 5 nitrogen and oxygen atoms in total. The van der Waals surface area contributed by atoms with Crippen LogP contribution in [0.3, 0.4) is 0 Å². The van der Waals surface area contributed by atoms with E-state index in [-0.39, 0.29) is 0 Å². The van der Waals surface area contributed by atoms with Crippen molar-refractivity contribution in [1.29, 1.82) is 5.26 Å². The van der Waals surface area contributed by atoms with Crippen molar-refractivity contribution in [2.45, 2.75) is 38.9 Å². The number of piperidine rings is 1. The first kappa shape index (κ1) is 20.3. The molecule has 0 saturated carbocycles. The normalized spacial score (nSPS) is 15.9. The number of pyridine rings is 1. The lowest BCUT2D eigenvalue weighted by Crippen LogP contribution is -2.36. The van der Waals surface area contributed by atoms with E-state index >= 15 is 0 Å². The van der Waals surface area contributed by atoms with Crippen molar-refractivity contribution < 1.29 is 9.84 Å². The zero-order valence-electron chi connectivity index (χ0n) is 17.7. The Morgan fingerprint density at radius 1 is 1.17 bits per heavy atom. The standard InChI is InChI=1S/C25H27N3O2/c1-16-4-9-21-22(14-16)27-23(15-26)25(24(21)17(2)29)18-5-7-19(8-6-18)28-12-10-20(30-3)11-13-28/h4-9,14,17,20,29H,10-13H2,1-3H3. The summed E-state index contributed by atoms with van der Waals surface area (Å²) in [6.45, 7) is 5.68. The van der Waals surface area contributed by atoms with Gasteiger partial charge in [-0.25, -0.2) is 4.98 Å². The van der Waals surface area contributed by atoms with Crippen LogP contribution in [0.15, 0.2) is 42.5 Å². The number of anilines is 1. The second kappa shape index (κ2) is 8.43. The highest BCUT2D eigenvalue weighted by atomic mass is 16.5. The van der Waals surface area contributed by atoms with Crippen LogP contribution in [0.2, 0.25) is 0 Å². The van der Waals surface area contributed by atoms with E-state index in [1.54, 1.807) is 14.0 Å². The molecular formula is C25H27N3O2. The first-order valence-corrected chi connectivity index (χ1v) is 10.4. The number of aliphatic hydroxyl groups excluding tert-OH is 1. The highest BCUT2D eigenvalue weighted by molar-refractivity contribution is 5.92. The molecule has 3 aromatic rings. The van der Waals surface area contributed by atoms with Gasteiger partial charge in [-0.15, -0.1) is 0 Å². The molecule has 154 valence electrons. The quantitative estimate of drug-likeness (QED) is 0.683. The monoisotopic (exact) mass is 401 g/mol. The van der Waals surface area contributed by atoms with Crippen LogP contribution in [-0.2, 0) is 4.74 Å². The molecule has 2 aromatic carbocycles. The number of benzene rings is 2. The van der Waals surface area contributed by atoms with Crippen LogP contribution in [0.4, 0.5) is 5.69 Å². The molecule has 1 atom stereocenters. The van der Waals surface area contributed by atoms with Crippen LogP contribution >= 0.6 is 0 Å². The average molecular weight is 402 g/mol. The van der Waals surface area contributed by atoms with Crippen molar-refractivity contribution in [3.05, 3.63) is 59.3 Å². The first-order valence-electron chi connectivity index (χ1n) is 10.4. The van der Waals surface area contributed by atoms with Gasteiger partial charge in [-0.2, -0.15) is 5.26 Å². The topological polar surface area (TPSA) is 69.4 Å². The number of nitrogens with zero attached hydrogens (tertiary/aromatic N) is 3. The summed E-state index contributed by atoms with van der Waals surface area (Å²) in [5, 5.41) is 21.3.